The zero-order valence-electron chi connectivity index (χ0n) is 16.9. The highest BCUT2D eigenvalue weighted by Gasteiger charge is 2.42. The third kappa shape index (κ3) is 3.79. The number of ketones is 1. The molecule has 0 spiro atoms. The van der Waals surface area contributed by atoms with E-state index in [0.717, 1.165) is 11.3 Å². The molecule has 2 aliphatic heterocycles. The molecule has 0 aliphatic carbocycles. The smallest absolute Gasteiger partial charge is 0.336 e. The zero-order chi connectivity index (χ0) is 20.5. The second-order valence-electron chi connectivity index (χ2n) is 7.88. The maximum absolute atomic E-state index is 13.2. The first-order valence-corrected chi connectivity index (χ1v) is 10.1. The molecule has 29 heavy (non-hydrogen) atoms. The highest BCUT2D eigenvalue weighted by Crippen LogP contribution is 2.41. The van der Waals surface area contributed by atoms with Crippen molar-refractivity contribution in [2.24, 2.45) is 5.92 Å². The summed E-state index contributed by atoms with van der Waals surface area (Å²) in [6.45, 7) is 6.60. The molecule has 154 valence electrons. The van der Waals surface area contributed by atoms with Crippen LogP contribution in [-0.4, -0.2) is 42.1 Å². The van der Waals surface area contributed by atoms with Gasteiger partial charge in [0, 0.05) is 36.4 Å². The van der Waals surface area contributed by atoms with Gasteiger partial charge in [-0.2, -0.15) is 0 Å². The SMILES string of the molecule is CC(=O)C1C(C)NC(C)=C(C(=O)OC2CCOCC2)C1c1ccc2ocnc2c1. The van der Waals surface area contributed by atoms with Crippen molar-refractivity contribution >= 4 is 22.9 Å². The van der Waals surface area contributed by atoms with Crippen molar-refractivity contribution in [2.75, 3.05) is 13.2 Å². The minimum atomic E-state index is -0.405. The molecule has 3 heterocycles. The molecule has 7 nitrogen and oxygen atoms in total. The van der Waals surface area contributed by atoms with Gasteiger partial charge in [0.1, 0.15) is 17.4 Å². The summed E-state index contributed by atoms with van der Waals surface area (Å²) in [6.07, 6.45) is 2.61. The monoisotopic (exact) mass is 398 g/mol. The Balaban J connectivity index is 1.75. The summed E-state index contributed by atoms with van der Waals surface area (Å²) in [6, 6.07) is 5.52. The molecule has 0 amide bonds. The molecule has 1 aromatic carbocycles. The Morgan fingerprint density at radius 1 is 1.24 bits per heavy atom. The van der Waals surface area contributed by atoms with Gasteiger partial charge >= 0.3 is 5.97 Å². The molecule has 2 aromatic rings. The van der Waals surface area contributed by atoms with Crippen LogP contribution in [-0.2, 0) is 19.1 Å². The fourth-order valence-electron chi connectivity index (χ4n) is 4.53. The molecular formula is C22H26N2O5. The quantitative estimate of drug-likeness (QED) is 0.792. The van der Waals surface area contributed by atoms with E-state index >= 15 is 0 Å². The van der Waals surface area contributed by atoms with E-state index in [9.17, 15) is 9.59 Å². The van der Waals surface area contributed by atoms with Crippen molar-refractivity contribution in [2.45, 2.75) is 51.7 Å². The van der Waals surface area contributed by atoms with Crippen LogP contribution in [0.5, 0.6) is 0 Å². The molecule has 0 radical (unpaired) electrons. The summed E-state index contributed by atoms with van der Waals surface area (Å²) in [5.74, 6) is -1.14. The number of fused-ring (bicyclic) bond motifs is 1. The first-order chi connectivity index (χ1) is 14.0. The van der Waals surface area contributed by atoms with E-state index < -0.39 is 5.92 Å². The van der Waals surface area contributed by atoms with Crippen molar-refractivity contribution in [1.29, 1.82) is 0 Å². The maximum atomic E-state index is 13.2. The number of nitrogens with one attached hydrogen (secondary N) is 1. The molecule has 7 heteroatoms. The summed E-state index contributed by atoms with van der Waals surface area (Å²) in [4.78, 5) is 30.1. The number of ether oxygens (including phenoxy) is 2. The molecule has 0 saturated carbocycles. The molecule has 4 rings (SSSR count). The van der Waals surface area contributed by atoms with Gasteiger partial charge in [-0.1, -0.05) is 6.07 Å². The lowest BCUT2D eigenvalue weighted by Gasteiger charge is -2.38. The summed E-state index contributed by atoms with van der Waals surface area (Å²) in [7, 11) is 0. The van der Waals surface area contributed by atoms with Crippen molar-refractivity contribution < 1.29 is 23.5 Å². The normalized spacial score (nSPS) is 25.7. The van der Waals surface area contributed by atoms with Crippen LogP contribution in [0.4, 0.5) is 0 Å². The molecule has 0 bridgehead atoms. The fourth-order valence-corrected chi connectivity index (χ4v) is 4.53. The molecule has 3 atom stereocenters. The van der Waals surface area contributed by atoms with E-state index in [1.54, 1.807) is 6.92 Å². The average molecular weight is 398 g/mol. The van der Waals surface area contributed by atoms with Crippen LogP contribution in [0.15, 0.2) is 40.3 Å². The van der Waals surface area contributed by atoms with Crippen LogP contribution < -0.4 is 5.32 Å². The van der Waals surface area contributed by atoms with Gasteiger partial charge < -0.3 is 19.2 Å². The van der Waals surface area contributed by atoms with Crippen LogP contribution in [0.1, 0.15) is 45.1 Å². The molecule has 1 N–H and O–H groups in total. The van der Waals surface area contributed by atoms with Crippen LogP contribution >= 0.6 is 0 Å². The molecule has 2 aliphatic rings. The molecule has 1 fully saturated rings. The largest absolute Gasteiger partial charge is 0.459 e. The van der Waals surface area contributed by atoms with E-state index in [1.165, 1.54) is 6.39 Å². The first-order valence-electron chi connectivity index (χ1n) is 10.1. The number of Topliss-reactive ketones (excluding diaryl/α,β-unsaturated/α-hetero) is 1. The van der Waals surface area contributed by atoms with Crippen LogP contribution in [0.25, 0.3) is 11.1 Å². The maximum Gasteiger partial charge on any atom is 0.336 e. The number of esters is 1. The average Bonchev–Trinajstić information content (AvgIpc) is 3.15. The number of allylic oxidation sites excluding steroid dienone is 1. The summed E-state index contributed by atoms with van der Waals surface area (Å²) in [5.41, 5.74) is 3.49. The van der Waals surface area contributed by atoms with E-state index in [-0.39, 0.29) is 29.8 Å². The number of carbonyl (C=O) groups is 2. The lowest BCUT2D eigenvalue weighted by molar-refractivity contribution is -0.149. The minimum absolute atomic E-state index is 0.0270. The number of nitrogens with zero attached hydrogens (tertiary/aromatic N) is 1. The van der Waals surface area contributed by atoms with Gasteiger partial charge in [0.05, 0.1) is 18.8 Å². The highest BCUT2D eigenvalue weighted by molar-refractivity contribution is 5.94. The molecule has 3 unspecified atom stereocenters. The van der Waals surface area contributed by atoms with E-state index in [4.69, 9.17) is 13.9 Å². The van der Waals surface area contributed by atoms with Gasteiger partial charge in [0.15, 0.2) is 12.0 Å². The summed E-state index contributed by atoms with van der Waals surface area (Å²) >= 11 is 0. The second-order valence-corrected chi connectivity index (χ2v) is 7.88. The van der Waals surface area contributed by atoms with Crippen molar-refractivity contribution in [1.82, 2.24) is 10.3 Å². The lowest BCUT2D eigenvalue weighted by Crippen LogP contribution is -2.47. The number of aromatic nitrogens is 1. The Kier molecular flexibility index (Phi) is 5.41. The Morgan fingerprint density at radius 3 is 2.72 bits per heavy atom. The van der Waals surface area contributed by atoms with Gasteiger partial charge in [-0.3, -0.25) is 4.79 Å². The van der Waals surface area contributed by atoms with Crippen molar-refractivity contribution in [3.63, 3.8) is 0 Å². The van der Waals surface area contributed by atoms with E-state index in [1.807, 2.05) is 32.0 Å². The number of oxazole rings is 1. The highest BCUT2D eigenvalue weighted by atomic mass is 16.6. The Hall–Kier alpha value is -2.67. The first kappa shape index (κ1) is 19.6. The van der Waals surface area contributed by atoms with Gasteiger partial charge in [-0.25, -0.2) is 9.78 Å². The van der Waals surface area contributed by atoms with Crippen LogP contribution in [0.2, 0.25) is 0 Å². The van der Waals surface area contributed by atoms with Crippen LogP contribution in [0, 0.1) is 5.92 Å². The Labute approximate surface area is 169 Å². The van der Waals surface area contributed by atoms with Gasteiger partial charge in [0.25, 0.3) is 0 Å². The molecule has 1 aromatic heterocycles. The number of rotatable bonds is 4. The molecular weight excluding hydrogens is 372 g/mol. The number of benzene rings is 1. The summed E-state index contributed by atoms with van der Waals surface area (Å²) < 4.78 is 16.5. The Morgan fingerprint density at radius 2 is 2.00 bits per heavy atom. The zero-order valence-corrected chi connectivity index (χ0v) is 16.9. The van der Waals surface area contributed by atoms with E-state index in [2.05, 4.69) is 10.3 Å². The van der Waals surface area contributed by atoms with Crippen LogP contribution in [0.3, 0.4) is 0 Å². The Bertz CT molecular complexity index is 957. The van der Waals surface area contributed by atoms with Gasteiger partial charge in [-0.15, -0.1) is 0 Å². The van der Waals surface area contributed by atoms with Gasteiger partial charge in [0.2, 0.25) is 0 Å². The number of carbonyl (C=O) groups excluding carboxylic acids is 2. The third-order valence-corrected chi connectivity index (χ3v) is 5.90. The van der Waals surface area contributed by atoms with Crippen molar-refractivity contribution in [3.8, 4) is 0 Å². The lowest BCUT2D eigenvalue weighted by atomic mass is 9.72. The minimum Gasteiger partial charge on any atom is -0.459 e. The standard InChI is InChI=1S/C22H26N2O5/c1-12-19(14(3)25)21(15-4-5-18-17(10-15)23-11-28-18)20(13(2)24-12)22(26)29-16-6-8-27-9-7-16/h4-5,10-12,16,19,21,24H,6-9H2,1-3H3. The third-order valence-electron chi connectivity index (χ3n) is 5.90. The summed E-state index contributed by atoms with van der Waals surface area (Å²) in [5, 5.41) is 3.31. The van der Waals surface area contributed by atoms with Crippen molar-refractivity contribution in [3.05, 3.63) is 41.4 Å². The predicted octanol–water partition coefficient (Wildman–Crippen LogP) is 3.10. The predicted molar refractivity (Wildman–Crippen MR) is 106 cm³/mol. The van der Waals surface area contributed by atoms with Gasteiger partial charge in [-0.05, 0) is 38.5 Å². The second kappa shape index (κ2) is 7.99. The molecule has 1 saturated heterocycles. The number of hydrogen-bond acceptors (Lipinski definition) is 7. The number of hydrogen-bond donors (Lipinski definition) is 1. The van der Waals surface area contributed by atoms with E-state index in [0.29, 0.717) is 42.7 Å². The fraction of sp³-hybridized carbons (Fsp3) is 0.500. The topological polar surface area (TPSA) is 90.7 Å².